The van der Waals surface area contributed by atoms with Crippen LogP contribution in [0.15, 0.2) is 17.6 Å². The van der Waals surface area contributed by atoms with E-state index in [1.807, 2.05) is 0 Å². The SMILES string of the molecule is CCOC(=O)c1c(C)[nH]c(C(=O)Nc2nc(-c3c[nH]c(C(=O)OC)c3)cs2)c1C. The predicted molar refractivity (Wildman–Crippen MR) is 107 cm³/mol. The highest BCUT2D eigenvalue weighted by atomic mass is 32.1. The molecule has 0 spiro atoms. The number of aromatic nitrogens is 3. The molecule has 3 rings (SSSR count). The summed E-state index contributed by atoms with van der Waals surface area (Å²) in [7, 11) is 1.30. The summed E-state index contributed by atoms with van der Waals surface area (Å²) < 4.78 is 9.71. The van der Waals surface area contributed by atoms with Gasteiger partial charge in [0.15, 0.2) is 5.13 Å². The van der Waals surface area contributed by atoms with Crippen molar-refractivity contribution >= 4 is 34.3 Å². The molecule has 0 atom stereocenters. The zero-order chi connectivity index (χ0) is 21.1. The minimum Gasteiger partial charge on any atom is -0.464 e. The molecule has 0 aliphatic heterocycles. The summed E-state index contributed by atoms with van der Waals surface area (Å²) in [6.07, 6.45) is 1.64. The number of aryl methyl sites for hydroxylation is 1. The van der Waals surface area contributed by atoms with Crippen LogP contribution in [0.5, 0.6) is 0 Å². The van der Waals surface area contributed by atoms with Crippen LogP contribution < -0.4 is 5.32 Å². The second-order valence-corrected chi connectivity index (χ2v) is 6.99. The quantitative estimate of drug-likeness (QED) is 0.529. The number of H-pyrrole nitrogens is 2. The number of hydrogen-bond acceptors (Lipinski definition) is 7. The van der Waals surface area contributed by atoms with E-state index >= 15 is 0 Å². The predicted octanol–water partition coefficient (Wildman–Crippen LogP) is 3.30. The van der Waals surface area contributed by atoms with E-state index in [9.17, 15) is 14.4 Å². The van der Waals surface area contributed by atoms with Gasteiger partial charge in [0, 0.05) is 22.8 Å². The summed E-state index contributed by atoms with van der Waals surface area (Å²) >= 11 is 1.24. The highest BCUT2D eigenvalue weighted by Crippen LogP contribution is 2.27. The Balaban J connectivity index is 1.77. The fraction of sp³-hybridized carbons (Fsp3) is 0.263. The maximum atomic E-state index is 12.7. The molecule has 0 bridgehead atoms. The summed E-state index contributed by atoms with van der Waals surface area (Å²) in [5.41, 5.74) is 3.32. The van der Waals surface area contributed by atoms with E-state index in [0.717, 1.165) is 0 Å². The van der Waals surface area contributed by atoms with Gasteiger partial charge in [-0.3, -0.25) is 10.1 Å². The fourth-order valence-corrected chi connectivity index (χ4v) is 3.59. The number of methoxy groups -OCH3 is 1. The number of anilines is 1. The molecule has 152 valence electrons. The van der Waals surface area contributed by atoms with Gasteiger partial charge in [-0.2, -0.15) is 0 Å². The lowest BCUT2D eigenvalue weighted by Gasteiger charge is -2.03. The van der Waals surface area contributed by atoms with Crippen molar-refractivity contribution in [2.45, 2.75) is 20.8 Å². The Labute approximate surface area is 170 Å². The first-order valence-electron chi connectivity index (χ1n) is 8.76. The highest BCUT2D eigenvalue weighted by Gasteiger charge is 2.23. The number of ether oxygens (including phenoxy) is 2. The number of nitrogens with one attached hydrogen (secondary N) is 3. The summed E-state index contributed by atoms with van der Waals surface area (Å²) in [6.45, 7) is 5.37. The second-order valence-electron chi connectivity index (χ2n) is 6.13. The molecule has 29 heavy (non-hydrogen) atoms. The van der Waals surface area contributed by atoms with Crippen LogP contribution in [-0.2, 0) is 9.47 Å². The number of hydrogen-bond donors (Lipinski definition) is 3. The van der Waals surface area contributed by atoms with E-state index in [4.69, 9.17) is 4.74 Å². The van der Waals surface area contributed by atoms with Crippen molar-refractivity contribution in [3.8, 4) is 11.3 Å². The Bertz CT molecular complexity index is 1080. The van der Waals surface area contributed by atoms with Crippen molar-refractivity contribution < 1.29 is 23.9 Å². The van der Waals surface area contributed by atoms with Crippen LogP contribution in [0, 0.1) is 13.8 Å². The van der Waals surface area contributed by atoms with E-state index in [-0.39, 0.29) is 12.3 Å². The molecule has 1 amide bonds. The zero-order valence-corrected chi connectivity index (χ0v) is 17.2. The molecular weight excluding hydrogens is 396 g/mol. The van der Waals surface area contributed by atoms with Gasteiger partial charge in [0.25, 0.3) is 5.91 Å². The van der Waals surface area contributed by atoms with E-state index in [1.165, 1.54) is 18.4 Å². The molecule has 0 aliphatic carbocycles. The Morgan fingerprint density at radius 2 is 2.00 bits per heavy atom. The van der Waals surface area contributed by atoms with E-state index in [2.05, 4.69) is 25.0 Å². The molecule has 10 heteroatoms. The number of amides is 1. The van der Waals surface area contributed by atoms with E-state index in [0.29, 0.717) is 38.9 Å². The monoisotopic (exact) mass is 416 g/mol. The summed E-state index contributed by atoms with van der Waals surface area (Å²) in [6, 6.07) is 1.62. The van der Waals surface area contributed by atoms with Gasteiger partial charge >= 0.3 is 11.9 Å². The van der Waals surface area contributed by atoms with Crippen molar-refractivity contribution in [2.75, 3.05) is 19.0 Å². The number of aromatic amines is 2. The topological polar surface area (TPSA) is 126 Å². The van der Waals surface area contributed by atoms with Gasteiger partial charge in [-0.15, -0.1) is 11.3 Å². The molecule has 3 heterocycles. The Hall–Kier alpha value is -3.40. The number of carbonyl (C=O) groups excluding carboxylic acids is 3. The van der Waals surface area contributed by atoms with Gasteiger partial charge in [0.2, 0.25) is 0 Å². The first-order valence-corrected chi connectivity index (χ1v) is 9.63. The molecule has 3 aromatic heterocycles. The number of thiazole rings is 1. The summed E-state index contributed by atoms with van der Waals surface area (Å²) in [5, 5.41) is 4.87. The molecule has 0 saturated carbocycles. The van der Waals surface area contributed by atoms with Gasteiger partial charge in [0.1, 0.15) is 11.4 Å². The molecule has 0 aliphatic rings. The summed E-state index contributed by atoms with van der Waals surface area (Å²) in [5.74, 6) is -1.36. The lowest BCUT2D eigenvalue weighted by atomic mass is 10.1. The maximum Gasteiger partial charge on any atom is 0.354 e. The molecule has 0 aromatic carbocycles. The molecule has 3 aromatic rings. The van der Waals surface area contributed by atoms with E-state index < -0.39 is 17.8 Å². The first kappa shape index (κ1) is 20.3. The van der Waals surface area contributed by atoms with Gasteiger partial charge < -0.3 is 19.4 Å². The molecule has 3 N–H and O–H groups in total. The van der Waals surface area contributed by atoms with Crippen molar-refractivity contribution in [3.63, 3.8) is 0 Å². The number of carbonyl (C=O) groups is 3. The maximum absolute atomic E-state index is 12.7. The van der Waals surface area contributed by atoms with E-state index in [1.54, 1.807) is 38.4 Å². The van der Waals surface area contributed by atoms with Gasteiger partial charge in [0.05, 0.1) is 25.0 Å². The average molecular weight is 416 g/mol. The lowest BCUT2D eigenvalue weighted by Crippen LogP contribution is -2.14. The van der Waals surface area contributed by atoms with Gasteiger partial charge in [-0.1, -0.05) is 0 Å². The molecule has 0 radical (unpaired) electrons. The lowest BCUT2D eigenvalue weighted by molar-refractivity contribution is 0.0523. The Morgan fingerprint density at radius 3 is 2.69 bits per heavy atom. The van der Waals surface area contributed by atoms with Crippen LogP contribution in [0.3, 0.4) is 0 Å². The molecule has 0 saturated heterocycles. The van der Waals surface area contributed by atoms with Gasteiger partial charge in [-0.25, -0.2) is 14.6 Å². The van der Waals surface area contributed by atoms with Crippen LogP contribution in [-0.4, -0.2) is 46.5 Å². The minimum atomic E-state index is -0.477. The van der Waals surface area contributed by atoms with Crippen LogP contribution in [0.25, 0.3) is 11.3 Å². The third kappa shape index (κ3) is 4.06. The zero-order valence-electron chi connectivity index (χ0n) is 16.3. The van der Waals surface area contributed by atoms with Crippen LogP contribution in [0.1, 0.15) is 49.5 Å². The van der Waals surface area contributed by atoms with Gasteiger partial charge in [-0.05, 0) is 32.4 Å². The van der Waals surface area contributed by atoms with Crippen molar-refractivity contribution in [2.24, 2.45) is 0 Å². The van der Waals surface area contributed by atoms with Crippen LogP contribution >= 0.6 is 11.3 Å². The van der Waals surface area contributed by atoms with Crippen molar-refractivity contribution in [1.29, 1.82) is 0 Å². The number of nitrogens with zero attached hydrogens (tertiary/aromatic N) is 1. The third-order valence-electron chi connectivity index (χ3n) is 4.25. The number of esters is 2. The molecular formula is C19H20N4O5S. The smallest absolute Gasteiger partial charge is 0.354 e. The second kappa shape index (κ2) is 8.31. The van der Waals surface area contributed by atoms with Crippen LogP contribution in [0.4, 0.5) is 5.13 Å². The largest absolute Gasteiger partial charge is 0.464 e. The standard InChI is InChI=1S/C19H20N4O5S/c1-5-28-18(26)14-9(2)15(21-10(14)3)16(24)23-19-22-13(8-29-19)11-6-12(20-7-11)17(25)27-4/h6-8,20-21H,5H2,1-4H3,(H,22,23,24). The molecule has 0 fully saturated rings. The van der Waals surface area contributed by atoms with Crippen molar-refractivity contribution in [1.82, 2.24) is 15.0 Å². The van der Waals surface area contributed by atoms with Crippen LogP contribution in [0.2, 0.25) is 0 Å². The Kier molecular flexibility index (Phi) is 5.83. The molecule has 9 nitrogen and oxygen atoms in total. The Morgan fingerprint density at radius 1 is 1.24 bits per heavy atom. The highest BCUT2D eigenvalue weighted by molar-refractivity contribution is 7.14. The minimum absolute atomic E-state index is 0.253. The normalized spacial score (nSPS) is 10.6. The summed E-state index contributed by atoms with van der Waals surface area (Å²) in [4.78, 5) is 46.4. The first-order chi connectivity index (χ1) is 13.8. The average Bonchev–Trinajstić information content (AvgIpc) is 3.40. The number of rotatable bonds is 6. The molecule has 0 unspecified atom stereocenters. The van der Waals surface area contributed by atoms with Crippen molar-refractivity contribution in [3.05, 3.63) is 45.9 Å². The third-order valence-corrected chi connectivity index (χ3v) is 5.01. The fourth-order valence-electron chi connectivity index (χ4n) is 2.88.